The molecule has 120 valence electrons. The average Bonchev–Trinajstić information content (AvgIpc) is 2.45. The smallest absolute Gasteiger partial charge is 0.0858 e. The van der Waals surface area contributed by atoms with Crippen LogP contribution >= 0.6 is 0 Å². The number of rotatable bonds is 9. The van der Waals surface area contributed by atoms with E-state index < -0.39 is 6.10 Å². The second-order valence-electron chi connectivity index (χ2n) is 6.13. The summed E-state index contributed by atoms with van der Waals surface area (Å²) >= 11 is 0. The number of aliphatic hydroxyl groups excluding tert-OH is 1. The highest BCUT2D eigenvalue weighted by molar-refractivity contribution is 4.79. The number of ether oxygens (including phenoxy) is 3. The Labute approximate surface area is 123 Å². The molecule has 4 heteroatoms. The zero-order valence-electron chi connectivity index (χ0n) is 13.5. The van der Waals surface area contributed by atoms with Gasteiger partial charge in [0.05, 0.1) is 37.6 Å². The highest BCUT2D eigenvalue weighted by Crippen LogP contribution is 2.30. The van der Waals surface area contributed by atoms with E-state index in [1.54, 1.807) is 14.0 Å². The summed E-state index contributed by atoms with van der Waals surface area (Å²) in [6, 6.07) is 0. The number of hydrogen-bond acceptors (Lipinski definition) is 4. The second kappa shape index (κ2) is 9.72. The predicted octanol–water partition coefficient (Wildman–Crippen LogP) is 2.77. The molecule has 0 radical (unpaired) electrons. The van der Waals surface area contributed by atoms with Gasteiger partial charge in [0.1, 0.15) is 0 Å². The Morgan fingerprint density at radius 1 is 1.00 bits per heavy atom. The van der Waals surface area contributed by atoms with Gasteiger partial charge in [-0.2, -0.15) is 0 Å². The molecule has 4 nitrogen and oxygen atoms in total. The maximum Gasteiger partial charge on any atom is 0.0858 e. The Hall–Kier alpha value is -0.160. The third-order valence-electron chi connectivity index (χ3n) is 4.07. The van der Waals surface area contributed by atoms with Gasteiger partial charge < -0.3 is 19.3 Å². The van der Waals surface area contributed by atoms with E-state index >= 15 is 0 Å². The van der Waals surface area contributed by atoms with Gasteiger partial charge in [-0.1, -0.05) is 19.3 Å². The quantitative estimate of drug-likeness (QED) is 0.709. The van der Waals surface area contributed by atoms with Crippen LogP contribution in [0.5, 0.6) is 0 Å². The van der Waals surface area contributed by atoms with Crippen molar-refractivity contribution in [3.05, 3.63) is 0 Å². The largest absolute Gasteiger partial charge is 0.391 e. The molecule has 0 spiro atoms. The number of hydrogen-bond donors (Lipinski definition) is 1. The van der Waals surface area contributed by atoms with Crippen molar-refractivity contribution in [2.45, 2.75) is 77.3 Å². The monoisotopic (exact) mass is 288 g/mol. The molecule has 1 saturated carbocycles. The van der Waals surface area contributed by atoms with Crippen LogP contribution in [0.3, 0.4) is 0 Å². The first kappa shape index (κ1) is 17.9. The molecule has 4 atom stereocenters. The predicted molar refractivity (Wildman–Crippen MR) is 79.9 cm³/mol. The Balaban J connectivity index is 2.29. The van der Waals surface area contributed by atoms with Crippen molar-refractivity contribution in [3.8, 4) is 0 Å². The van der Waals surface area contributed by atoms with Gasteiger partial charge in [-0.3, -0.25) is 0 Å². The molecule has 0 aromatic rings. The molecular weight excluding hydrogens is 256 g/mol. The molecule has 1 aliphatic carbocycles. The zero-order chi connectivity index (χ0) is 15.0. The molecule has 0 amide bonds. The lowest BCUT2D eigenvalue weighted by Gasteiger charge is -2.33. The van der Waals surface area contributed by atoms with Crippen LogP contribution < -0.4 is 0 Å². The summed E-state index contributed by atoms with van der Waals surface area (Å²) in [6.07, 6.45) is 6.31. The number of aliphatic hydroxyl groups is 1. The van der Waals surface area contributed by atoms with Crippen molar-refractivity contribution in [3.63, 3.8) is 0 Å². The first-order chi connectivity index (χ1) is 9.54. The fourth-order valence-electron chi connectivity index (χ4n) is 2.96. The van der Waals surface area contributed by atoms with Gasteiger partial charge in [0.15, 0.2) is 0 Å². The van der Waals surface area contributed by atoms with Gasteiger partial charge in [0, 0.05) is 7.11 Å². The Bertz CT molecular complexity index is 239. The SMILES string of the molecule is COC(C1CCCCC1)C(C)OCC(C)OCC(C)O. The van der Waals surface area contributed by atoms with Crippen LogP contribution in [0.25, 0.3) is 0 Å². The Kier molecular flexibility index (Phi) is 8.69. The van der Waals surface area contributed by atoms with Crippen LogP contribution in [-0.4, -0.2) is 49.8 Å². The van der Waals surface area contributed by atoms with Crippen molar-refractivity contribution >= 4 is 0 Å². The molecule has 0 bridgehead atoms. The molecule has 0 aliphatic heterocycles. The minimum Gasteiger partial charge on any atom is -0.391 e. The van der Waals surface area contributed by atoms with Gasteiger partial charge in [-0.15, -0.1) is 0 Å². The van der Waals surface area contributed by atoms with Crippen LogP contribution in [0, 0.1) is 5.92 Å². The fraction of sp³-hybridized carbons (Fsp3) is 1.00. The molecule has 1 rings (SSSR count). The van der Waals surface area contributed by atoms with E-state index in [0.717, 1.165) is 0 Å². The third-order valence-corrected chi connectivity index (χ3v) is 4.07. The summed E-state index contributed by atoms with van der Waals surface area (Å²) in [6.45, 7) is 6.68. The van der Waals surface area contributed by atoms with Gasteiger partial charge in [-0.05, 0) is 39.5 Å². The molecule has 0 aromatic carbocycles. The van der Waals surface area contributed by atoms with Crippen molar-refractivity contribution in [1.29, 1.82) is 0 Å². The Morgan fingerprint density at radius 3 is 2.20 bits per heavy atom. The van der Waals surface area contributed by atoms with E-state index in [9.17, 15) is 5.11 Å². The maximum atomic E-state index is 9.19. The highest BCUT2D eigenvalue weighted by atomic mass is 16.6. The summed E-state index contributed by atoms with van der Waals surface area (Å²) in [7, 11) is 1.78. The van der Waals surface area contributed by atoms with Crippen molar-refractivity contribution < 1.29 is 19.3 Å². The molecule has 0 saturated heterocycles. The fourth-order valence-corrected chi connectivity index (χ4v) is 2.96. The lowest BCUT2D eigenvalue weighted by Crippen LogP contribution is -2.38. The van der Waals surface area contributed by atoms with Crippen LogP contribution in [0.1, 0.15) is 52.9 Å². The lowest BCUT2D eigenvalue weighted by atomic mass is 9.83. The molecular formula is C16H32O4. The van der Waals surface area contributed by atoms with Gasteiger partial charge in [0.25, 0.3) is 0 Å². The van der Waals surface area contributed by atoms with Gasteiger partial charge in [-0.25, -0.2) is 0 Å². The van der Waals surface area contributed by atoms with E-state index in [4.69, 9.17) is 14.2 Å². The zero-order valence-corrected chi connectivity index (χ0v) is 13.5. The standard InChI is InChI=1S/C16H32O4/c1-12(17)10-19-13(2)11-20-14(3)16(18-4)15-8-6-5-7-9-15/h12-17H,5-11H2,1-4H3. The summed E-state index contributed by atoms with van der Waals surface area (Å²) in [5.74, 6) is 0.623. The maximum absolute atomic E-state index is 9.19. The van der Waals surface area contributed by atoms with E-state index in [-0.39, 0.29) is 18.3 Å². The molecule has 20 heavy (non-hydrogen) atoms. The summed E-state index contributed by atoms with van der Waals surface area (Å²) in [5.41, 5.74) is 0. The second-order valence-corrected chi connectivity index (χ2v) is 6.13. The van der Waals surface area contributed by atoms with Gasteiger partial charge in [0.2, 0.25) is 0 Å². The minimum atomic E-state index is -0.427. The topological polar surface area (TPSA) is 47.9 Å². The molecule has 0 heterocycles. The lowest BCUT2D eigenvalue weighted by molar-refractivity contribution is -0.108. The van der Waals surface area contributed by atoms with Crippen molar-refractivity contribution in [2.24, 2.45) is 5.92 Å². The summed E-state index contributed by atoms with van der Waals surface area (Å²) in [5, 5.41) is 9.19. The molecule has 1 aliphatic rings. The molecule has 4 unspecified atom stereocenters. The van der Waals surface area contributed by atoms with Gasteiger partial charge >= 0.3 is 0 Å². The summed E-state index contributed by atoms with van der Waals surface area (Å²) < 4.78 is 17.1. The molecule has 1 fully saturated rings. The summed E-state index contributed by atoms with van der Waals surface area (Å²) in [4.78, 5) is 0. The third kappa shape index (κ3) is 6.53. The number of methoxy groups -OCH3 is 1. The minimum absolute atomic E-state index is 0.00379. The van der Waals surface area contributed by atoms with E-state index in [0.29, 0.717) is 19.1 Å². The molecule has 1 N–H and O–H groups in total. The highest BCUT2D eigenvalue weighted by Gasteiger charge is 2.28. The van der Waals surface area contributed by atoms with E-state index in [1.807, 2.05) is 6.92 Å². The Morgan fingerprint density at radius 2 is 1.65 bits per heavy atom. The van der Waals surface area contributed by atoms with E-state index in [2.05, 4.69) is 6.92 Å². The first-order valence-electron chi connectivity index (χ1n) is 7.98. The first-order valence-corrected chi connectivity index (χ1v) is 7.98. The van der Waals surface area contributed by atoms with Crippen molar-refractivity contribution in [2.75, 3.05) is 20.3 Å². The molecule has 0 aromatic heterocycles. The average molecular weight is 288 g/mol. The van der Waals surface area contributed by atoms with Crippen LogP contribution in [-0.2, 0) is 14.2 Å². The van der Waals surface area contributed by atoms with E-state index in [1.165, 1.54) is 32.1 Å². The van der Waals surface area contributed by atoms with Crippen LogP contribution in [0.2, 0.25) is 0 Å². The van der Waals surface area contributed by atoms with Crippen LogP contribution in [0.4, 0.5) is 0 Å². The van der Waals surface area contributed by atoms with Crippen LogP contribution in [0.15, 0.2) is 0 Å². The normalized spacial score (nSPS) is 23.2. The van der Waals surface area contributed by atoms with Crippen molar-refractivity contribution in [1.82, 2.24) is 0 Å².